The van der Waals surface area contributed by atoms with Crippen LogP contribution in [0.15, 0.2) is 17.1 Å². The van der Waals surface area contributed by atoms with Gasteiger partial charge in [0, 0.05) is 16.5 Å². The highest BCUT2D eigenvalue weighted by molar-refractivity contribution is 7.13. The van der Waals surface area contributed by atoms with Gasteiger partial charge in [-0.3, -0.25) is 4.98 Å². The zero-order valence-corrected chi connectivity index (χ0v) is 8.78. The van der Waals surface area contributed by atoms with Crippen molar-refractivity contribution < 1.29 is 0 Å². The van der Waals surface area contributed by atoms with Crippen LogP contribution in [0.4, 0.5) is 5.13 Å². The molecule has 0 unspecified atom stereocenters. The van der Waals surface area contributed by atoms with Crippen molar-refractivity contribution in [3.05, 3.63) is 27.7 Å². The molecule has 0 radical (unpaired) electrons. The van der Waals surface area contributed by atoms with E-state index in [4.69, 9.17) is 0 Å². The smallest absolute Gasteiger partial charge is 0.183 e. The molecule has 2 rings (SSSR count). The van der Waals surface area contributed by atoms with E-state index in [0.717, 1.165) is 17.4 Å². The highest BCUT2D eigenvalue weighted by Crippen LogP contribution is 2.16. The summed E-state index contributed by atoms with van der Waals surface area (Å²) in [7, 11) is 0. The maximum Gasteiger partial charge on any atom is 0.183 e. The summed E-state index contributed by atoms with van der Waals surface area (Å²) in [5.74, 6) is 0. The van der Waals surface area contributed by atoms with E-state index in [1.165, 1.54) is 4.88 Å². The predicted molar refractivity (Wildman–Crippen MR) is 56.3 cm³/mol. The number of rotatable bonds is 3. The lowest BCUT2D eigenvalue weighted by molar-refractivity contribution is 1.14. The first kappa shape index (κ1) is 8.65. The number of nitrogens with zero attached hydrogens (tertiary/aromatic N) is 2. The van der Waals surface area contributed by atoms with Gasteiger partial charge in [0.25, 0.3) is 0 Å². The molecule has 0 fully saturated rings. The predicted octanol–water partition coefficient (Wildman–Crippen LogP) is 2.52. The van der Waals surface area contributed by atoms with Gasteiger partial charge in [-0.2, -0.15) is 0 Å². The fourth-order valence-electron chi connectivity index (χ4n) is 0.927. The molecule has 0 saturated carbocycles. The van der Waals surface area contributed by atoms with Crippen LogP contribution < -0.4 is 5.32 Å². The van der Waals surface area contributed by atoms with E-state index in [9.17, 15) is 0 Å². The van der Waals surface area contributed by atoms with Gasteiger partial charge in [0.1, 0.15) is 0 Å². The molecule has 0 atom stereocenters. The third-order valence-corrected chi connectivity index (χ3v) is 3.21. The van der Waals surface area contributed by atoms with Crippen molar-refractivity contribution in [3.8, 4) is 0 Å². The van der Waals surface area contributed by atoms with Crippen LogP contribution in [0.2, 0.25) is 0 Å². The van der Waals surface area contributed by atoms with Crippen LogP contribution >= 0.6 is 22.7 Å². The molecular formula is C8H9N3S2. The molecule has 0 aliphatic carbocycles. The maximum absolute atomic E-state index is 4.30. The largest absolute Gasteiger partial charge is 0.357 e. The van der Waals surface area contributed by atoms with Crippen LogP contribution in [0, 0.1) is 6.92 Å². The first-order valence-corrected chi connectivity index (χ1v) is 5.64. The summed E-state index contributed by atoms with van der Waals surface area (Å²) in [5, 5.41) is 6.26. The molecule has 2 heterocycles. The van der Waals surface area contributed by atoms with Crippen LogP contribution in [0.1, 0.15) is 10.6 Å². The second kappa shape index (κ2) is 3.85. The molecule has 0 amide bonds. The molecule has 2 aromatic heterocycles. The topological polar surface area (TPSA) is 37.8 Å². The van der Waals surface area contributed by atoms with Gasteiger partial charge >= 0.3 is 0 Å². The zero-order chi connectivity index (χ0) is 9.10. The van der Waals surface area contributed by atoms with Gasteiger partial charge < -0.3 is 5.32 Å². The Morgan fingerprint density at radius 1 is 1.46 bits per heavy atom. The standard InChI is InChI=1S/C8H9N3S2/c1-6-4-12-8(11-6)10-3-7-2-9-5-13-7/h2,4-5H,3H2,1H3,(H,10,11). The number of anilines is 1. The summed E-state index contributed by atoms with van der Waals surface area (Å²) in [6.45, 7) is 2.81. The number of thiazole rings is 2. The number of aromatic nitrogens is 2. The monoisotopic (exact) mass is 211 g/mol. The summed E-state index contributed by atoms with van der Waals surface area (Å²) in [6, 6.07) is 0. The Kier molecular flexibility index (Phi) is 2.56. The Hall–Kier alpha value is -0.940. The minimum absolute atomic E-state index is 0.817. The number of hydrogen-bond acceptors (Lipinski definition) is 5. The molecule has 0 spiro atoms. The molecule has 0 saturated heterocycles. The zero-order valence-electron chi connectivity index (χ0n) is 7.15. The van der Waals surface area contributed by atoms with E-state index in [1.54, 1.807) is 22.7 Å². The first-order chi connectivity index (χ1) is 6.34. The fourth-order valence-corrected chi connectivity index (χ4v) is 2.15. The van der Waals surface area contributed by atoms with Crippen molar-refractivity contribution in [3.63, 3.8) is 0 Å². The van der Waals surface area contributed by atoms with Crippen molar-refractivity contribution in [2.75, 3.05) is 5.32 Å². The summed E-state index contributed by atoms with van der Waals surface area (Å²) >= 11 is 3.29. The van der Waals surface area contributed by atoms with Gasteiger partial charge in [-0.1, -0.05) is 0 Å². The van der Waals surface area contributed by atoms with Gasteiger partial charge in [-0.05, 0) is 6.92 Å². The van der Waals surface area contributed by atoms with Gasteiger partial charge in [-0.15, -0.1) is 22.7 Å². The molecule has 3 nitrogen and oxygen atoms in total. The second-order valence-corrected chi connectivity index (χ2v) is 4.44. The average molecular weight is 211 g/mol. The Balaban J connectivity index is 1.93. The third kappa shape index (κ3) is 2.26. The van der Waals surface area contributed by atoms with E-state index in [0.29, 0.717) is 0 Å². The lowest BCUT2D eigenvalue weighted by atomic mass is 10.5. The summed E-state index contributed by atoms with van der Waals surface area (Å²) in [4.78, 5) is 9.53. The molecule has 1 N–H and O–H groups in total. The lowest BCUT2D eigenvalue weighted by Crippen LogP contribution is -1.96. The average Bonchev–Trinajstić information content (AvgIpc) is 2.71. The van der Waals surface area contributed by atoms with Gasteiger partial charge in [0.15, 0.2) is 5.13 Å². The van der Waals surface area contributed by atoms with Crippen molar-refractivity contribution in [2.45, 2.75) is 13.5 Å². The van der Waals surface area contributed by atoms with Gasteiger partial charge in [0.2, 0.25) is 0 Å². The van der Waals surface area contributed by atoms with Crippen LogP contribution in [-0.2, 0) is 6.54 Å². The lowest BCUT2D eigenvalue weighted by Gasteiger charge is -1.97. The third-order valence-electron chi connectivity index (χ3n) is 1.52. The van der Waals surface area contributed by atoms with Gasteiger partial charge in [0.05, 0.1) is 17.7 Å². The Morgan fingerprint density at radius 2 is 2.38 bits per heavy atom. The van der Waals surface area contributed by atoms with Crippen molar-refractivity contribution in [2.24, 2.45) is 0 Å². The molecule has 13 heavy (non-hydrogen) atoms. The molecule has 5 heteroatoms. The molecule has 68 valence electrons. The molecule has 0 bridgehead atoms. The Morgan fingerprint density at radius 3 is 3.00 bits per heavy atom. The summed E-state index contributed by atoms with van der Waals surface area (Å²) in [6.07, 6.45) is 1.87. The van der Waals surface area contributed by atoms with E-state index in [-0.39, 0.29) is 0 Å². The highest BCUT2D eigenvalue weighted by Gasteiger charge is 1.98. The molecule has 0 aliphatic heterocycles. The van der Waals surface area contributed by atoms with Crippen LogP contribution in [0.25, 0.3) is 0 Å². The minimum atomic E-state index is 0.817. The minimum Gasteiger partial charge on any atom is -0.357 e. The fraction of sp³-hybridized carbons (Fsp3) is 0.250. The maximum atomic E-state index is 4.30. The summed E-state index contributed by atoms with van der Waals surface area (Å²) < 4.78 is 0. The van der Waals surface area contributed by atoms with Crippen molar-refractivity contribution >= 4 is 27.8 Å². The number of hydrogen-bond donors (Lipinski definition) is 1. The number of aryl methyl sites for hydroxylation is 1. The first-order valence-electron chi connectivity index (χ1n) is 3.88. The molecule has 2 aromatic rings. The van der Waals surface area contributed by atoms with E-state index in [2.05, 4.69) is 15.3 Å². The second-order valence-electron chi connectivity index (χ2n) is 2.62. The van der Waals surface area contributed by atoms with Crippen LogP contribution in [0.3, 0.4) is 0 Å². The SMILES string of the molecule is Cc1csc(NCc2cncs2)n1. The van der Waals surface area contributed by atoms with Crippen molar-refractivity contribution in [1.29, 1.82) is 0 Å². The van der Waals surface area contributed by atoms with E-state index in [1.807, 2.05) is 24.0 Å². The van der Waals surface area contributed by atoms with Gasteiger partial charge in [-0.25, -0.2) is 4.98 Å². The molecule has 0 aliphatic rings. The van der Waals surface area contributed by atoms with Crippen LogP contribution in [-0.4, -0.2) is 9.97 Å². The highest BCUT2D eigenvalue weighted by atomic mass is 32.1. The number of nitrogens with one attached hydrogen (secondary N) is 1. The Labute approximate surface area is 84.5 Å². The normalized spacial score (nSPS) is 10.2. The summed E-state index contributed by atoms with van der Waals surface area (Å²) in [5.41, 5.74) is 2.90. The quantitative estimate of drug-likeness (QED) is 0.847. The Bertz CT molecular complexity index is 366. The van der Waals surface area contributed by atoms with E-state index < -0.39 is 0 Å². The van der Waals surface area contributed by atoms with Crippen LogP contribution in [0.5, 0.6) is 0 Å². The van der Waals surface area contributed by atoms with Crippen molar-refractivity contribution in [1.82, 2.24) is 9.97 Å². The molecule has 0 aromatic carbocycles. The van der Waals surface area contributed by atoms with E-state index >= 15 is 0 Å². The molecular weight excluding hydrogens is 202 g/mol.